The van der Waals surface area contributed by atoms with Crippen molar-refractivity contribution in [3.63, 3.8) is 0 Å². The molecule has 1 aliphatic rings. The number of hydrogen-bond donors (Lipinski definition) is 2. The molecule has 1 fully saturated rings. The van der Waals surface area contributed by atoms with Gasteiger partial charge in [0, 0.05) is 49.7 Å². The second-order valence-electron chi connectivity index (χ2n) is 9.32. The summed E-state index contributed by atoms with van der Waals surface area (Å²) in [6.07, 6.45) is 1.65. The van der Waals surface area contributed by atoms with Crippen LogP contribution in [-0.2, 0) is 16.6 Å². The zero-order valence-corrected chi connectivity index (χ0v) is 21.0. The Morgan fingerprint density at radius 1 is 1.11 bits per heavy atom. The van der Waals surface area contributed by atoms with E-state index in [1.54, 1.807) is 6.07 Å². The monoisotopic (exact) mass is 496 g/mol. The van der Waals surface area contributed by atoms with Crippen molar-refractivity contribution in [3.05, 3.63) is 76.1 Å². The molecule has 1 aromatic heterocycles. The molecule has 2 aromatic carbocycles. The highest BCUT2D eigenvalue weighted by Gasteiger charge is 2.28. The number of pyridine rings is 1. The van der Waals surface area contributed by atoms with Crippen molar-refractivity contribution >= 4 is 26.8 Å². The summed E-state index contributed by atoms with van der Waals surface area (Å²) in [5.74, 6) is 0.0979. The van der Waals surface area contributed by atoms with Gasteiger partial charge in [-0.05, 0) is 49.6 Å². The van der Waals surface area contributed by atoms with E-state index in [9.17, 15) is 18.0 Å². The molecule has 0 bridgehead atoms. The Morgan fingerprint density at radius 2 is 1.83 bits per heavy atom. The molecule has 4 rings (SSSR count). The van der Waals surface area contributed by atoms with Gasteiger partial charge < -0.3 is 15.2 Å². The number of rotatable bonds is 8. The number of aromatic nitrogens is 1. The molecular formula is C26H32N4O4S. The maximum absolute atomic E-state index is 13.2. The quantitative estimate of drug-likeness (QED) is 0.499. The number of sulfonamides is 1. The highest BCUT2D eigenvalue weighted by atomic mass is 32.2. The van der Waals surface area contributed by atoms with Crippen molar-refractivity contribution < 1.29 is 13.2 Å². The minimum Gasteiger partial charge on any atom is -0.351 e. The molecule has 0 saturated carbocycles. The lowest BCUT2D eigenvalue weighted by molar-refractivity contribution is 0.0951. The first-order chi connectivity index (χ1) is 16.7. The van der Waals surface area contributed by atoms with Gasteiger partial charge in [0.25, 0.3) is 5.91 Å². The van der Waals surface area contributed by atoms with Gasteiger partial charge in [0.15, 0.2) is 0 Å². The number of benzene rings is 2. The lowest BCUT2D eigenvalue weighted by Crippen LogP contribution is -2.37. The second-order valence-corrected chi connectivity index (χ2v) is 11.3. The van der Waals surface area contributed by atoms with Crippen LogP contribution < -0.4 is 10.9 Å². The summed E-state index contributed by atoms with van der Waals surface area (Å²) in [6.45, 7) is 4.85. The van der Waals surface area contributed by atoms with Crippen LogP contribution in [0.15, 0.2) is 64.3 Å². The zero-order valence-electron chi connectivity index (χ0n) is 20.2. The molecule has 9 heteroatoms. The van der Waals surface area contributed by atoms with E-state index in [4.69, 9.17) is 0 Å². The van der Waals surface area contributed by atoms with Crippen molar-refractivity contribution in [1.29, 1.82) is 0 Å². The first-order valence-electron chi connectivity index (χ1n) is 11.9. The fourth-order valence-corrected chi connectivity index (χ4v) is 5.88. The Balaban J connectivity index is 1.50. The van der Waals surface area contributed by atoms with Gasteiger partial charge in [-0.1, -0.05) is 37.3 Å². The second kappa shape index (κ2) is 10.7. The molecule has 1 saturated heterocycles. The number of nitrogens with one attached hydrogen (secondary N) is 2. The lowest BCUT2D eigenvalue weighted by atomic mass is 10.0. The van der Waals surface area contributed by atoms with E-state index < -0.39 is 21.5 Å². The van der Waals surface area contributed by atoms with Gasteiger partial charge >= 0.3 is 0 Å². The normalized spacial score (nSPS) is 15.5. The van der Waals surface area contributed by atoms with E-state index in [2.05, 4.69) is 22.1 Å². The fourth-order valence-electron chi connectivity index (χ4n) is 4.39. The van der Waals surface area contributed by atoms with Gasteiger partial charge in [0.05, 0.1) is 10.5 Å². The van der Waals surface area contributed by atoms with Crippen molar-refractivity contribution in [2.24, 2.45) is 5.92 Å². The van der Waals surface area contributed by atoms with Crippen LogP contribution in [0.25, 0.3) is 10.9 Å². The van der Waals surface area contributed by atoms with Crippen molar-refractivity contribution in [1.82, 2.24) is 19.5 Å². The van der Waals surface area contributed by atoms with Gasteiger partial charge in [-0.15, -0.1) is 0 Å². The zero-order chi connectivity index (χ0) is 25.0. The molecule has 1 amide bonds. The number of likely N-dealkylation sites (N-methyl/N-ethyl adjacent to an activating group) is 1. The Kier molecular flexibility index (Phi) is 7.69. The van der Waals surface area contributed by atoms with Gasteiger partial charge in [-0.25, -0.2) is 8.42 Å². The molecule has 3 aromatic rings. The van der Waals surface area contributed by atoms with Crippen LogP contribution >= 0.6 is 0 Å². The molecule has 2 N–H and O–H groups in total. The van der Waals surface area contributed by atoms with E-state index >= 15 is 0 Å². The molecule has 8 nitrogen and oxygen atoms in total. The molecule has 1 aliphatic heterocycles. The van der Waals surface area contributed by atoms with Crippen LogP contribution in [0.4, 0.5) is 0 Å². The molecule has 186 valence electrons. The van der Waals surface area contributed by atoms with Crippen LogP contribution in [0.3, 0.4) is 0 Å². The van der Waals surface area contributed by atoms with Gasteiger partial charge in [-0.2, -0.15) is 4.31 Å². The van der Waals surface area contributed by atoms with Gasteiger partial charge in [0.2, 0.25) is 15.6 Å². The Labute approximate surface area is 206 Å². The molecule has 0 aliphatic carbocycles. The van der Waals surface area contributed by atoms with Crippen LogP contribution in [0, 0.1) is 5.92 Å². The van der Waals surface area contributed by atoms with Crippen LogP contribution in [0.2, 0.25) is 0 Å². The standard InChI is InChI=1S/C26H32N4O4S/c1-19-10-13-30(14-11-19)35(33,34)21-8-9-24-22(16-21)23(17-25(31)28-24)26(32)27-12-15-29(2)18-20-6-4-3-5-7-20/h3-9,16-17,19H,10-15,18H2,1-2H3,(H,27,32)(H,28,31). The van der Waals surface area contributed by atoms with E-state index in [-0.39, 0.29) is 10.5 Å². The fraction of sp³-hybridized carbons (Fsp3) is 0.385. The van der Waals surface area contributed by atoms with Crippen molar-refractivity contribution in [2.75, 3.05) is 33.2 Å². The highest BCUT2D eigenvalue weighted by molar-refractivity contribution is 7.89. The molecule has 0 spiro atoms. The van der Waals surface area contributed by atoms with Gasteiger partial charge in [-0.3, -0.25) is 9.59 Å². The number of carbonyl (C=O) groups excluding carboxylic acids is 1. The largest absolute Gasteiger partial charge is 0.351 e. The van der Waals surface area contributed by atoms with Crippen LogP contribution in [-0.4, -0.2) is 61.7 Å². The molecule has 0 unspecified atom stereocenters. The minimum atomic E-state index is -3.68. The third-order valence-electron chi connectivity index (χ3n) is 6.51. The van der Waals surface area contributed by atoms with E-state index in [1.165, 1.54) is 28.1 Å². The molecule has 35 heavy (non-hydrogen) atoms. The van der Waals surface area contributed by atoms with E-state index in [0.717, 1.165) is 19.4 Å². The number of carbonyl (C=O) groups is 1. The van der Waals surface area contributed by atoms with Gasteiger partial charge in [0.1, 0.15) is 0 Å². The van der Waals surface area contributed by atoms with E-state index in [0.29, 0.717) is 43.0 Å². The smallest absolute Gasteiger partial charge is 0.252 e. The number of H-pyrrole nitrogens is 1. The summed E-state index contributed by atoms with van der Waals surface area (Å²) in [4.78, 5) is 30.1. The van der Waals surface area contributed by atoms with Crippen LogP contribution in [0.5, 0.6) is 0 Å². The molecule has 0 atom stereocenters. The third-order valence-corrected chi connectivity index (χ3v) is 8.41. The summed E-state index contributed by atoms with van der Waals surface area (Å²) in [5.41, 5.74) is 1.36. The number of fused-ring (bicyclic) bond motifs is 1. The Morgan fingerprint density at radius 3 is 2.54 bits per heavy atom. The van der Waals surface area contributed by atoms with Crippen LogP contribution in [0.1, 0.15) is 35.7 Å². The van der Waals surface area contributed by atoms with E-state index in [1.807, 2.05) is 37.4 Å². The number of hydrogen-bond acceptors (Lipinski definition) is 5. The maximum Gasteiger partial charge on any atom is 0.252 e. The highest BCUT2D eigenvalue weighted by Crippen LogP contribution is 2.26. The Hall–Kier alpha value is -3.01. The number of nitrogens with zero attached hydrogens (tertiary/aromatic N) is 2. The summed E-state index contributed by atoms with van der Waals surface area (Å²) < 4.78 is 28.0. The minimum absolute atomic E-state index is 0.128. The third kappa shape index (κ3) is 5.98. The van der Waals surface area contributed by atoms with Crippen molar-refractivity contribution in [3.8, 4) is 0 Å². The average molecular weight is 497 g/mol. The Bertz CT molecular complexity index is 1350. The summed E-state index contributed by atoms with van der Waals surface area (Å²) >= 11 is 0. The summed E-state index contributed by atoms with van der Waals surface area (Å²) in [6, 6.07) is 15.8. The predicted molar refractivity (Wildman–Crippen MR) is 137 cm³/mol. The number of aromatic amines is 1. The number of piperidine rings is 1. The number of amides is 1. The lowest BCUT2D eigenvalue weighted by Gasteiger charge is -2.29. The molecular weight excluding hydrogens is 464 g/mol. The summed E-state index contributed by atoms with van der Waals surface area (Å²) in [5, 5.41) is 3.28. The first kappa shape index (κ1) is 25.1. The topological polar surface area (TPSA) is 103 Å². The molecule has 2 heterocycles. The average Bonchev–Trinajstić information content (AvgIpc) is 2.84. The summed E-state index contributed by atoms with van der Waals surface area (Å²) in [7, 11) is -1.71. The van der Waals surface area contributed by atoms with Crippen molar-refractivity contribution in [2.45, 2.75) is 31.2 Å². The SMILES string of the molecule is CC1CCN(S(=O)(=O)c2ccc3[nH]c(=O)cc(C(=O)NCCN(C)Cc4ccccc4)c3c2)CC1. The first-order valence-corrected chi connectivity index (χ1v) is 13.4. The predicted octanol–water partition coefficient (Wildman–Crippen LogP) is 2.81. The maximum atomic E-state index is 13.2. The molecule has 0 radical (unpaired) electrons.